The van der Waals surface area contributed by atoms with Gasteiger partial charge in [-0.25, -0.2) is 0 Å². The minimum Gasteiger partial charge on any atom is -0.496 e. The zero-order valence-corrected chi connectivity index (χ0v) is 13.2. The molecule has 106 valence electrons. The third kappa shape index (κ3) is 5.30. The molecule has 0 radical (unpaired) electrons. The van der Waals surface area contributed by atoms with Crippen molar-refractivity contribution in [2.75, 3.05) is 40.5 Å². The number of Topliss-reactive ketones (excluding diaryl/α,β-unsaturated/α-hetero) is 1. The smallest absolute Gasteiger partial charge is 0.176 e. The number of likely N-dealkylation sites (N-methyl/N-ethyl adjacent to an activating group) is 1. The van der Waals surface area contributed by atoms with Gasteiger partial charge in [-0.05, 0) is 48.1 Å². The molecular weight excluding hydrogens is 310 g/mol. The van der Waals surface area contributed by atoms with Gasteiger partial charge < -0.3 is 9.47 Å². The van der Waals surface area contributed by atoms with Crippen molar-refractivity contribution in [3.63, 3.8) is 0 Å². The number of nitrogens with zero attached hydrogens (tertiary/aromatic N) is 1. The molecule has 0 aliphatic rings. The summed E-state index contributed by atoms with van der Waals surface area (Å²) in [7, 11) is 3.51. The van der Waals surface area contributed by atoms with Gasteiger partial charge in [-0.15, -0.1) is 0 Å². The van der Waals surface area contributed by atoms with E-state index in [1.165, 1.54) is 0 Å². The fourth-order valence-corrected chi connectivity index (χ4v) is 2.16. The van der Waals surface area contributed by atoms with E-state index >= 15 is 0 Å². The van der Waals surface area contributed by atoms with Crippen LogP contribution in [0.2, 0.25) is 0 Å². The van der Waals surface area contributed by atoms with Crippen LogP contribution in [0.5, 0.6) is 5.75 Å². The Labute approximate surface area is 122 Å². The summed E-state index contributed by atoms with van der Waals surface area (Å²) in [5.41, 5.74) is 0.677. The Kier molecular flexibility index (Phi) is 7.05. The van der Waals surface area contributed by atoms with Crippen LogP contribution in [0.15, 0.2) is 22.7 Å². The highest BCUT2D eigenvalue weighted by Gasteiger charge is 2.11. The van der Waals surface area contributed by atoms with E-state index in [4.69, 9.17) is 9.47 Å². The van der Waals surface area contributed by atoms with Crippen LogP contribution in [0.3, 0.4) is 0 Å². The molecule has 19 heavy (non-hydrogen) atoms. The molecule has 0 aliphatic heterocycles. The third-order valence-electron chi connectivity index (χ3n) is 2.71. The molecule has 1 aromatic carbocycles. The fourth-order valence-electron chi connectivity index (χ4n) is 1.62. The first kappa shape index (κ1) is 16.1. The van der Waals surface area contributed by atoms with Crippen molar-refractivity contribution in [1.82, 2.24) is 4.90 Å². The highest BCUT2D eigenvalue weighted by Crippen LogP contribution is 2.25. The van der Waals surface area contributed by atoms with Crippen molar-refractivity contribution < 1.29 is 14.3 Å². The summed E-state index contributed by atoms with van der Waals surface area (Å²) in [5.74, 6) is 0.809. The summed E-state index contributed by atoms with van der Waals surface area (Å²) in [6.45, 7) is 4.43. The Bertz CT molecular complexity index is 423. The zero-order chi connectivity index (χ0) is 14.3. The van der Waals surface area contributed by atoms with Crippen LogP contribution >= 0.6 is 15.9 Å². The highest BCUT2D eigenvalue weighted by atomic mass is 79.9. The highest BCUT2D eigenvalue weighted by molar-refractivity contribution is 9.10. The van der Waals surface area contributed by atoms with E-state index in [0.29, 0.717) is 25.3 Å². The number of hydrogen-bond donors (Lipinski definition) is 0. The number of benzene rings is 1. The van der Waals surface area contributed by atoms with E-state index in [2.05, 4.69) is 15.9 Å². The van der Waals surface area contributed by atoms with Gasteiger partial charge in [0.15, 0.2) is 5.78 Å². The topological polar surface area (TPSA) is 38.8 Å². The van der Waals surface area contributed by atoms with E-state index in [-0.39, 0.29) is 5.78 Å². The zero-order valence-electron chi connectivity index (χ0n) is 11.6. The Morgan fingerprint density at radius 1 is 1.42 bits per heavy atom. The van der Waals surface area contributed by atoms with Crippen molar-refractivity contribution in [2.24, 2.45) is 0 Å². The lowest BCUT2D eigenvalue weighted by atomic mass is 10.1. The number of carbonyl (C=O) groups is 1. The van der Waals surface area contributed by atoms with Gasteiger partial charge in [-0.1, -0.05) is 0 Å². The maximum Gasteiger partial charge on any atom is 0.176 e. The Morgan fingerprint density at radius 2 is 2.16 bits per heavy atom. The summed E-state index contributed by atoms with van der Waals surface area (Å²) in [5, 5.41) is 0. The van der Waals surface area contributed by atoms with Gasteiger partial charge in [-0.2, -0.15) is 0 Å². The number of halogens is 1. The van der Waals surface area contributed by atoms with Gasteiger partial charge in [-0.3, -0.25) is 9.69 Å². The molecule has 0 fully saturated rings. The SMILES string of the molecule is CCOCCN(C)CC(=O)c1ccc(OC)c(Br)c1. The van der Waals surface area contributed by atoms with E-state index in [0.717, 1.165) is 16.8 Å². The monoisotopic (exact) mass is 329 g/mol. The summed E-state index contributed by atoms with van der Waals surface area (Å²) < 4.78 is 11.2. The number of hydrogen-bond acceptors (Lipinski definition) is 4. The van der Waals surface area contributed by atoms with Crippen molar-refractivity contribution in [3.05, 3.63) is 28.2 Å². The molecule has 0 N–H and O–H groups in total. The van der Waals surface area contributed by atoms with Crippen molar-refractivity contribution >= 4 is 21.7 Å². The van der Waals surface area contributed by atoms with Gasteiger partial charge in [0.25, 0.3) is 0 Å². The van der Waals surface area contributed by atoms with Crippen LogP contribution in [-0.2, 0) is 4.74 Å². The molecular formula is C14H20BrNO3. The maximum atomic E-state index is 12.1. The molecule has 0 amide bonds. The summed E-state index contributed by atoms with van der Waals surface area (Å²) in [4.78, 5) is 14.0. The Balaban J connectivity index is 2.55. The third-order valence-corrected chi connectivity index (χ3v) is 3.33. The van der Waals surface area contributed by atoms with E-state index in [1.54, 1.807) is 25.3 Å². The first-order valence-corrected chi connectivity index (χ1v) is 7.00. The van der Waals surface area contributed by atoms with E-state index in [1.807, 2.05) is 18.9 Å². The number of carbonyl (C=O) groups excluding carboxylic acids is 1. The van der Waals surface area contributed by atoms with Crippen molar-refractivity contribution in [2.45, 2.75) is 6.92 Å². The molecule has 0 atom stereocenters. The van der Waals surface area contributed by atoms with Crippen LogP contribution in [-0.4, -0.2) is 51.1 Å². The molecule has 0 spiro atoms. The standard InChI is InChI=1S/C14H20BrNO3/c1-4-19-8-7-16(2)10-13(17)11-5-6-14(18-3)12(15)9-11/h5-6,9H,4,7-8,10H2,1-3H3. The molecule has 0 bridgehead atoms. The van der Waals surface area contributed by atoms with Gasteiger partial charge >= 0.3 is 0 Å². The van der Waals surface area contributed by atoms with Gasteiger partial charge in [0.1, 0.15) is 5.75 Å². The Hall–Kier alpha value is -0.910. The second-order valence-electron chi connectivity index (χ2n) is 4.21. The molecule has 1 rings (SSSR count). The van der Waals surface area contributed by atoms with Crippen molar-refractivity contribution in [3.8, 4) is 5.75 Å². The summed E-state index contributed by atoms with van der Waals surface area (Å²) in [6, 6.07) is 5.36. The average Bonchev–Trinajstić information content (AvgIpc) is 2.38. The average molecular weight is 330 g/mol. The first-order chi connectivity index (χ1) is 9.08. The van der Waals surface area contributed by atoms with Crippen LogP contribution in [0, 0.1) is 0 Å². The first-order valence-electron chi connectivity index (χ1n) is 6.21. The number of ether oxygens (including phenoxy) is 2. The second kappa shape index (κ2) is 8.30. The molecule has 1 aromatic rings. The molecule has 0 aromatic heterocycles. The molecule has 0 unspecified atom stereocenters. The molecule has 0 heterocycles. The predicted octanol–water partition coefficient (Wildman–Crippen LogP) is 2.61. The van der Waals surface area contributed by atoms with E-state index in [9.17, 15) is 4.79 Å². The molecule has 4 nitrogen and oxygen atoms in total. The molecule has 0 aliphatic carbocycles. The van der Waals surface area contributed by atoms with Gasteiger partial charge in [0, 0.05) is 18.7 Å². The molecule has 0 saturated heterocycles. The minimum absolute atomic E-state index is 0.0855. The maximum absolute atomic E-state index is 12.1. The lowest BCUT2D eigenvalue weighted by Crippen LogP contribution is -2.29. The predicted molar refractivity (Wildman–Crippen MR) is 79.0 cm³/mol. The van der Waals surface area contributed by atoms with Gasteiger partial charge in [0.2, 0.25) is 0 Å². The minimum atomic E-state index is 0.0855. The van der Waals surface area contributed by atoms with Crippen LogP contribution in [0.1, 0.15) is 17.3 Å². The quantitative estimate of drug-likeness (QED) is 0.543. The Morgan fingerprint density at radius 3 is 2.74 bits per heavy atom. The van der Waals surface area contributed by atoms with E-state index < -0.39 is 0 Å². The fraction of sp³-hybridized carbons (Fsp3) is 0.500. The molecule has 0 saturated carbocycles. The van der Waals surface area contributed by atoms with Crippen LogP contribution < -0.4 is 4.74 Å². The van der Waals surface area contributed by atoms with Crippen LogP contribution in [0.4, 0.5) is 0 Å². The lowest BCUT2D eigenvalue weighted by molar-refractivity contribution is 0.0896. The summed E-state index contributed by atoms with van der Waals surface area (Å²) >= 11 is 3.38. The largest absolute Gasteiger partial charge is 0.496 e. The van der Waals surface area contributed by atoms with Crippen molar-refractivity contribution in [1.29, 1.82) is 0 Å². The number of methoxy groups -OCH3 is 1. The van der Waals surface area contributed by atoms with Gasteiger partial charge in [0.05, 0.1) is 24.7 Å². The second-order valence-corrected chi connectivity index (χ2v) is 5.06. The van der Waals surface area contributed by atoms with Crippen LogP contribution in [0.25, 0.3) is 0 Å². The number of rotatable bonds is 8. The lowest BCUT2D eigenvalue weighted by Gasteiger charge is -2.15. The molecule has 5 heteroatoms. The number of ketones is 1. The normalized spacial score (nSPS) is 10.8. The summed E-state index contributed by atoms with van der Waals surface area (Å²) in [6.07, 6.45) is 0.